The van der Waals surface area contributed by atoms with Crippen molar-refractivity contribution in [2.45, 2.75) is 18.2 Å². The molecule has 7 nitrogen and oxygen atoms in total. The quantitative estimate of drug-likeness (QED) is 0.772. The number of aryl methyl sites for hydroxylation is 1. The Kier molecular flexibility index (Phi) is 3.82. The molecule has 0 saturated carbocycles. The molecule has 0 aliphatic heterocycles. The van der Waals surface area contributed by atoms with E-state index < -0.39 is 10.0 Å². The molecule has 102 valence electrons. The zero-order valence-corrected chi connectivity index (χ0v) is 11.1. The fourth-order valence-corrected chi connectivity index (χ4v) is 2.50. The Bertz CT molecular complexity index is 649. The van der Waals surface area contributed by atoms with Crippen LogP contribution in [0.2, 0.25) is 0 Å². The third kappa shape index (κ3) is 3.52. The average Bonchev–Trinajstić information content (AvgIpc) is 2.75. The van der Waals surface area contributed by atoms with Crippen LogP contribution in [0.4, 0.5) is 5.69 Å². The summed E-state index contributed by atoms with van der Waals surface area (Å²) >= 11 is 0. The summed E-state index contributed by atoms with van der Waals surface area (Å²) in [4.78, 5) is 4.16. The molecule has 0 unspecified atom stereocenters. The molecule has 3 N–H and O–H groups in total. The van der Waals surface area contributed by atoms with E-state index in [9.17, 15) is 8.42 Å². The SMILES string of the molecule is Cc1noc(CCNS(=O)(=O)c2ccc(N)cc2)n1. The van der Waals surface area contributed by atoms with E-state index in [-0.39, 0.29) is 11.4 Å². The summed E-state index contributed by atoms with van der Waals surface area (Å²) in [6.45, 7) is 1.89. The summed E-state index contributed by atoms with van der Waals surface area (Å²) in [5.41, 5.74) is 6.02. The lowest BCUT2D eigenvalue weighted by molar-refractivity contribution is 0.375. The van der Waals surface area contributed by atoms with Crippen molar-refractivity contribution in [2.75, 3.05) is 12.3 Å². The van der Waals surface area contributed by atoms with Crippen molar-refractivity contribution in [1.29, 1.82) is 0 Å². The molecule has 1 heterocycles. The zero-order chi connectivity index (χ0) is 13.9. The topological polar surface area (TPSA) is 111 Å². The molecule has 8 heteroatoms. The number of anilines is 1. The molecule has 1 aromatic carbocycles. The van der Waals surface area contributed by atoms with Gasteiger partial charge in [-0.25, -0.2) is 13.1 Å². The third-order valence-corrected chi connectivity index (χ3v) is 3.87. The number of hydrogen-bond donors (Lipinski definition) is 2. The smallest absolute Gasteiger partial charge is 0.240 e. The number of aromatic nitrogens is 2. The number of benzene rings is 1. The van der Waals surface area contributed by atoms with Gasteiger partial charge in [-0.05, 0) is 31.2 Å². The van der Waals surface area contributed by atoms with E-state index >= 15 is 0 Å². The lowest BCUT2D eigenvalue weighted by Gasteiger charge is -2.05. The zero-order valence-electron chi connectivity index (χ0n) is 10.3. The molecule has 0 aliphatic rings. The maximum atomic E-state index is 11.9. The fourth-order valence-electron chi connectivity index (χ4n) is 1.46. The summed E-state index contributed by atoms with van der Waals surface area (Å²) in [5.74, 6) is 0.925. The number of nitrogens with one attached hydrogen (secondary N) is 1. The van der Waals surface area contributed by atoms with Crippen LogP contribution in [0, 0.1) is 6.92 Å². The highest BCUT2D eigenvalue weighted by Gasteiger charge is 2.13. The maximum Gasteiger partial charge on any atom is 0.240 e. The van der Waals surface area contributed by atoms with Crippen molar-refractivity contribution in [1.82, 2.24) is 14.9 Å². The second-order valence-corrected chi connectivity index (χ2v) is 5.72. The van der Waals surface area contributed by atoms with Gasteiger partial charge in [0.15, 0.2) is 5.82 Å². The second-order valence-electron chi connectivity index (χ2n) is 3.95. The van der Waals surface area contributed by atoms with Gasteiger partial charge in [-0.2, -0.15) is 4.98 Å². The van der Waals surface area contributed by atoms with Gasteiger partial charge in [-0.3, -0.25) is 0 Å². The van der Waals surface area contributed by atoms with Crippen LogP contribution >= 0.6 is 0 Å². The number of rotatable bonds is 5. The van der Waals surface area contributed by atoms with Gasteiger partial charge in [0.1, 0.15) is 0 Å². The van der Waals surface area contributed by atoms with Crippen LogP contribution in [0.15, 0.2) is 33.7 Å². The molecule has 19 heavy (non-hydrogen) atoms. The van der Waals surface area contributed by atoms with Gasteiger partial charge >= 0.3 is 0 Å². The first-order chi connectivity index (χ1) is 8.97. The summed E-state index contributed by atoms with van der Waals surface area (Å²) < 4.78 is 31.2. The molecule has 1 aromatic heterocycles. The van der Waals surface area contributed by atoms with Crippen LogP contribution in [-0.2, 0) is 16.4 Å². The third-order valence-electron chi connectivity index (χ3n) is 2.39. The molecular weight excluding hydrogens is 268 g/mol. The standard InChI is InChI=1S/C11H14N4O3S/c1-8-14-11(18-15-8)6-7-13-19(16,17)10-4-2-9(12)3-5-10/h2-5,13H,6-7,12H2,1H3. The molecule has 0 fully saturated rings. The van der Waals surface area contributed by atoms with Gasteiger partial charge in [0.25, 0.3) is 0 Å². The van der Waals surface area contributed by atoms with Crippen LogP contribution < -0.4 is 10.5 Å². The Morgan fingerprint density at radius 1 is 1.32 bits per heavy atom. The second kappa shape index (κ2) is 5.37. The Labute approximate surface area is 110 Å². The van der Waals surface area contributed by atoms with Crippen LogP contribution in [0.1, 0.15) is 11.7 Å². The Hall–Kier alpha value is -1.93. The molecule has 0 saturated heterocycles. The van der Waals surface area contributed by atoms with Gasteiger partial charge in [0.05, 0.1) is 4.90 Å². The molecular formula is C11H14N4O3S. The monoisotopic (exact) mass is 282 g/mol. The number of nitrogen functional groups attached to an aromatic ring is 1. The highest BCUT2D eigenvalue weighted by Crippen LogP contribution is 2.11. The number of nitrogens with two attached hydrogens (primary N) is 1. The highest BCUT2D eigenvalue weighted by atomic mass is 32.2. The van der Waals surface area contributed by atoms with E-state index in [0.29, 0.717) is 23.8 Å². The van der Waals surface area contributed by atoms with E-state index in [1.165, 1.54) is 24.3 Å². The number of nitrogens with zero attached hydrogens (tertiary/aromatic N) is 2. The summed E-state index contributed by atoms with van der Waals surface area (Å²) in [7, 11) is -3.54. The average molecular weight is 282 g/mol. The largest absolute Gasteiger partial charge is 0.399 e. The predicted octanol–water partition coefficient (Wildman–Crippen LogP) is 0.481. The minimum Gasteiger partial charge on any atom is -0.399 e. The van der Waals surface area contributed by atoms with Crippen LogP contribution in [0.3, 0.4) is 0 Å². The highest BCUT2D eigenvalue weighted by molar-refractivity contribution is 7.89. The number of hydrogen-bond acceptors (Lipinski definition) is 6. The van der Waals surface area contributed by atoms with Crippen molar-refractivity contribution in [2.24, 2.45) is 0 Å². The summed E-state index contributed by atoms with van der Waals surface area (Å²) in [6.07, 6.45) is 0.342. The summed E-state index contributed by atoms with van der Waals surface area (Å²) in [6, 6.07) is 5.98. The molecule has 2 rings (SSSR count). The summed E-state index contributed by atoms with van der Waals surface area (Å²) in [5, 5.41) is 3.62. The Morgan fingerprint density at radius 3 is 2.58 bits per heavy atom. The minimum atomic E-state index is -3.54. The number of sulfonamides is 1. The Balaban J connectivity index is 1.96. The molecule has 0 spiro atoms. The van der Waals surface area contributed by atoms with Crippen molar-refractivity contribution in [3.63, 3.8) is 0 Å². The first-order valence-electron chi connectivity index (χ1n) is 5.62. The molecule has 2 aromatic rings. The van der Waals surface area contributed by atoms with Crippen molar-refractivity contribution < 1.29 is 12.9 Å². The van der Waals surface area contributed by atoms with Gasteiger partial charge in [-0.1, -0.05) is 5.16 Å². The van der Waals surface area contributed by atoms with Crippen LogP contribution in [0.5, 0.6) is 0 Å². The van der Waals surface area contributed by atoms with E-state index in [4.69, 9.17) is 10.3 Å². The maximum absolute atomic E-state index is 11.9. The molecule has 0 atom stereocenters. The van der Waals surface area contributed by atoms with Gasteiger partial charge in [-0.15, -0.1) is 0 Å². The molecule has 0 amide bonds. The minimum absolute atomic E-state index is 0.170. The Morgan fingerprint density at radius 2 is 2.00 bits per heavy atom. The van der Waals surface area contributed by atoms with Crippen molar-refractivity contribution in [3.05, 3.63) is 36.0 Å². The normalized spacial score (nSPS) is 11.6. The van der Waals surface area contributed by atoms with Gasteiger partial charge in [0.2, 0.25) is 15.9 Å². The van der Waals surface area contributed by atoms with Gasteiger partial charge < -0.3 is 10.3 Å². The van der Waals surface area contributed by atoms with Gasteiger partial charge in [0, 0.05) is 18.7 Å². The van der Waals surface area contributed by atoms with E-state index in [1.807, 2.05) is 0 Å². The van der Waals surface area contributed by atoms with E-state index in [0.717, 1.165) is 0 Å². The van der Waals surface area contributed by atoms with Crippen molar-refractivity contribution in [3.8, 4) is 0 Å². The first-order valence-corrected chi connectivity index (χ1v) is 7.10. The van der Waals surface area contributed by atoms with Crippen LogP contribution in [-0.4, -0.2) is 25.1 Å². The van der Waals surface area contributed by atoms with Crippen molar-refractivity contribution >= 4 is 15.7 Å². The first kappa shape index (κ1) is 13.5. The van der Waals surface area contributed by atoms with Crippen LogP contribution in [0.25, 0.3) is 0 Å². The lowest BCUT2D eigenvalue weighted by Crippen LogP contribution is -2.26. The van der Waals surface area contributed by atoms with E-state index in [2.05, 4.69) is 14.9 Å². The predicted molar refractivity (Wildman–Crippen MR) is 68.8 cm³/mol. The fraction of sp³-hybridized carbons (Fsp3) is 0.273. The lowest BCUT2D eigenvalue weighted by atomic mass is 10.3. The molecule has 0 aliphatic carbocycles. The molecule has 0 bridgehead atoms. The van der Waals surface area contributed by atoms with E-state index in [1.54, 1.807) is 6.92 Å². The molecule has 0 radical (unpaired) electrons.